The van der Waals surface area contributed by atoms with Gasteiger partial charge in [-0.3, -0.25) is 4.79 Å². The number of benzene rings is 1. The van der Waals surface area contributed by atoms with Gasteiger partial charge in [-0.15, -0.1) is 17.9 Å². The van der Waals surface area contributed by atoms with Gasteiger partial charge in [0, 0.05) is 11.4 Å². The minimum Gasteiger partial charge on any atom is -0.332 e. The Morgan fingerprint density at radius 1 is 1.30 bits per heavy atom. The molecule has 2 heterocycles. The summed E-state index contributed by atoms with van der Waals surface area (Å²) in [5.74, 6) is -1.55. The number of aromatic nitrogens is 2. The van der Waals surface area contributed by atoms with Crippen LogP contribution in [0.25, 0.3) is 11.0 Å². The molecule has 0 aliphatic carbocycles. The Hall–Kier alpha value is -2.32. The fraction of sp³-hybridized carbons (Fsp3) is 0.222. The molecule has 0 atom stereocenters. The van der Waals surface area contributed by atoms with Crippen molar-refractivity contribution < 1.29 is 18.0 Å². The van der Waals surface area contributed by atoms with Gasteiger partial charge in [0.15, 0.2) is 0 Å². The van der Waals surface area contributed by atoms with E-state index in [4.69, 9.17) is 11.6 Å². The quantitative estimate of drug-likeness (QED) is 0.534. The van der Waals surface area contributed by atoms with Crippen molar-refractivity contribution in [2.75, 3.05) is 6.54 Å². The zero-order chi connectivity index (χ0) is 19.6. The first-order valence-corrected chi connectivity index (χ1v) is 9.14. The molecule has 0 N–H and O–H groups in total. The highest BCUT2D eigenvalue weighted by atomic mass is 35.5. The van der Waals surface area contributed by atoms with Gasteiger partial charge < -0.3 is 9.47 Å². The molecule has 0 aliphatic rings. The van der Waals surface area contributed by atoms with Crippen molar-refractivity contribution in [2.45, 2.75) is 19.3 Å². The Labute approximate surface area is 162 Å². The molecule has 0 unspecified atom stereocenters. The number of carbonyl (C=O) groups excluding carboxylic acids is 1. The van der Waals surface area contributed by atoms with Crippen LogP contribution in [0.5, 0.6) is 0 Å². The molecule has 1 aromatic carbocycles. The van der Waals surface area contributed by atoms with Crippen LogP contribution >= 0.6 is 22.9 Å². The third-order valence-electron chi connectivity index (χ3n) is 3.88. The molecule has 3 rings (SSSR count). The largest absolute Gasteiger partial charge is 0.449 e. The van der Waals surface area contributed by atoms with Crippen molar-refractivity contribution in [1.82, 2.24) is 14.5 Å². The van der Waals surface area contributed by atoms with Crippen LogP contribution in [0.2, 0.25) is 4.34 Å². The summed E-state index contributed by atoms with van der Waals surface area (Å²) in [5, 5.41) is 0. The number of nitrogens with zero attached hydrogens (tertiary/aromatic N) is 3. The van der Waals surface area contributed by atoms with Gasteiger partial charge in [0.2, 0.25) is 11.7 Å². The van der Waals surface area contributed by atoms with Gasteiger partial charge in [0.1, 0.15) is 6.54 Å². The van der Waals surface area contributed by atoms with Crippen LogP contribution in [0.15, 0.2) is 49.1 Å². The van der Waals surface area contributed by atoms with Crippen molar-refractivity contribution in [3.8, 4) is 0 Å². The molecule has 27 heavy (non-hydrogen) atoms. The monoisotopic (exact) mass is 413 g/mol. The lowest BCUT2D eigenvalue weighted by Gasteiger charge is -2.21. The second-order valence-electron chi connectivity index (χ2n) is 5.78. The highest BCUT2D eigenvalue weighted by Crippen LogP contribution is 2.31. The maximum absolute atomic E-state index is 13.4. The molecule has 4 nitrogen and oxygen atoms in total. The van der Waals surface area contributed by atoms with Crippen LogP contribution in [-0.2, 0) is 24.1 Å². The van der Waals surface area contributed by atoms with Crippen molar-refractivity contribution in [2.24, 2.45) is 0 Å². The third kappa shape index (κ3) is 4.33. The molecule has 9 heteroatoms. The number of para-hydroxylation sites is 2. The van der Waals surface area contributed by atoms with E-state index >= 15 is 0 Å². The van der Waals surface area contributed by atoms with Gasteiger partial charge in [-0.1, -0.05) is 29.8 Å². The first-order valence-electron chi connectivity index (χ1n) is 7.95. The van der Waals surface area contributed by atoms with Crippen molar-refractivity contribution >= 4 is 39.9 Å². The average molecular weight is 414 g/mol. The zero-order valence-corrected chi connectivity index (χ0v) is 15.6. The lowest BCUT2D eigenvalue weighted by molar-refractivity contribution is -0.148. The van der Waals surface area contributed by atoms with Gasteiger partial charge in [0.05, 0.1) is 21.9 Å². The molecule has 0 spiro atoms. The summed E-state index contributed by atoms with van der Waals surface area (Å²) in [7, 11) is 0. The maximum atomic E-state index is 13.4. The summed E-state index contributed by atoms with van der Waals surface area (Å²) < 4.78 is 41.7. The van der Waals surface area contributed by atoms with Crippen LogP contribution < -0.4 is 0 Å². The van der Waals surface area contributed by atoms with Crippen LogP contribution in [0.1, 0.15) is 10.7 Å². The normalized spacial score (nSPS) is 11.7. The molecule has 0 aliphatic heterocycles. The first-order chi connectivity index (χ1) is 12.8. The summed E-state index contributed by atoms with van der Waals surface area (Å²) >= 11 is 7.22. The van der Waals surface area contributed by atoms with Crippen LogP contribution in [0.3, 0.4) is 0 Å². The first kappa shape index (κ1) is 19.4. The predicted octanol–water partition coefficient (Wildman–Crippen LogP) is 4.98. The number of fused-ring (bicyclic) bond motifs is 1. The Kier molecular flexibility index (Phi) is 5.57. The molecular formula is C18H15ClF3N3OS. The lowest BCUT2D eigenvalue weighted by atomic mass is 10.3. The molecular weight excluding hydrogens is 399 g/mol. The van der Waals surface area contributed by atoms with E-state index in [1.165, 1.54) is 34.4 Å². The number of hydrogen-bond acceptors (Lipinski definition) is 3. The second kappa shape index (κ2) is 7.74. The van der Waals surface area contributed by atoms with Gasteiger partial charge in [0.25, 0.3) is 0 Å². The Morgan fingerprint density at radius 3 is 2.67 bits per heavy atom. The van der Waals surface area contributed by atoms with E-state index in [9.17, 15) is 18.0 Å². The van der Waals surface area contributed by atoms with Gasteiger partial charge in [-0.25, -0.2) is 4.98 Å². The highest BCUT2D eigenvalue weighted by molar-refractivity contribution is 7.16. The van der Waals surface area contributed by atoms with E-state index in [0.717, 1.165) is 9.44 Å². The van der Waals surface area contributed by atoms with E-state index in [2.05, 4.69) is 11.6 Å². The molecule has 142 valence electrons. The van der Waals surface area contributed by atoms with E-state index in [-0.39, 0.29) is 24.1 Å². The van der Waals surface area contributed by atoms with E-state index in [0.29, 0.717) is 4.34 Å². The minimum atomic E-state index is -4.66. The van der Waals surface area contributed by atoms with Crippen molar-refractivity contribution in [1.29, 1.82) is 0 Å². The maximum Gasteiger partial charge on any atom is 0.449 e. The second-order valence-corrected chi connectivity index (χ2v) is 7.58. The fourth-order valence-corrected chi connectivity index (χ4v) is 3.83. The molecule has 0 fully saturated rings. The lowest BCUT2D eigenvalue weighted by Crippen LogP contribution is -2.34. The summed E-state index contributed by atoms with van der Waals surface area (Å²) in [6.45, 7) is 3.60. The van der Waals surface area contributed by atoms with Crippen molar-refractivity contribution in [3.05, 3.63) is 64.1 Å². The Morgan fingerprint density at radius 2 is 2.04 bits per heavy atom. The number of alkyl halides is 3. The highest BCUT2D eigenvalue weighted by Gasteiger charge is 2.38. The van der Waals surface area contributed by atoms with E-state index in [1.54, 1.807) is 24.3 Å². The van der Waals surface area contributed by atoms with Crippen molar-refractivity contribution in [3.63, 3.8) is 0 Å². The van der Waals surface area contributed by atoms with Crippen LogP contribution in [0, 0.1) is 0 Å². The number of rotatable bonds is 6. The average Bonchev–Trinajstić information content (AvgIpc) is 3.18. The molecule has 0 saturated heterocycles. The molecule has 3 aromatic rings. The Bertz CT molecular complexity index is 980. The zero-order valence-electron chi connectivity index (χ0n) is 14.0. The standard InChI is InChI=1S/C18H15ClF3N3OS/c1-2-9-24(10-12-7-8-15(19)27-12)16(26)11-25-14-6-4-3-5-13(14)23-17(25)18(20,21)22/h2-8H,1,9-11H2. The predicted molar refractivity (Wildman–Crippen MR) is 99.7 cm³/mol. The fourth-order valence-electron chi connectivity index (χ4n) is 2.72. The number of carbonyl (C=O) groups is 1. The van der Waals surface area contributed by atoms with Crippen LogP contribution in [0.4, 0.5) is 13.2 Å². The van der Waals surface area contributed by atoms with Gasteiger partial charge >= 0.3 is 6.18 Å². The summed E-state index contributed by atoms with van der Waals surface area (Å²) in [6.07, 6.45) is -3.13. The van der Waals surface area contributed by atoms with E-state index < -0.39 is 24.5 Å². The molecule has 0 saturated carbocycles. The summed E-state index contributed by atoms with van der Waals surface area (Å²) in [6, 6.07) is 9.71. The van der Waals surface area contributed by atoms with Crippen LogP contribution in [-0.4, -0.2) is 26.9 Å². The number of halogens is 4. The van der Waals surface area contributed by atoms with Gasteiger partial charge in [-0.05, 0) is 24.3 Å². The number of imidazole rings is 1. The molecule has 2 aromatic heterocycles. The topological polar surface area (TPSA) is 38.1 Å². The molecule has 1 amide bonds. The summed E-state index contributed by atoms with van der Waals surface area (Å²) in [5.41, 5.74) is 0.453. The number of amides is 1. The minimum absolute atomic E-state index is 0.193. The van der Waals surface area contributed by atoms with E-state index in [1.807, 2.05) is 0 Å². The summed E-state index contributed by atoms with van der Waals surface area (Å²) in [4.78, 5) is 18.7. The smallest absolute Gasteiger partial charge is 0.332 e. The Balaban J connectivity index is 1.92. The number of hydrogen-bond donors (Lipinski definition) is 0. The molecule has 0 radical (unpaired) electrons. The molecule has 0 bridgehead atoms. The van der Waals surface area contributed by atoms with Gasteiger partial charge in [-0.2, -0.15) is 13.2 Å². The number of thiophene rings is 1. The SMILES string of the molecule is C=CCN(Cc1ccc(Cl)s1)C(=O)Cn1c(C(F)(F)F)nc2ccccc21. The third-order valence-corrected chi connectivity index (χ3v) is 5.10.